The van der Waals surface area contributed by atoms with E-state index in [0.717, 1.165) is 30.6 Å². The van der Waals surface area contributed by atoms with Crippen LogP contribution in [0.3, 0.4) is 0 Å². The summed E-state index contributed by atoms with van der Waals surface area (Å²) in [5.41, 5.74) is 0.600. The maximum Gasteiger partial charge on any atom is 0.243 e. The lowest BCUT2D eigenvalue weighted by Crippen LogP contribution is -2.49. The molecule has 4 aliphatic carbocycles. The van der Waals surface area contributed by atoms with E-state index < -0.39 is 10.0 Å². The van der Waals surface area contributed by atoms with Gasteiger partial charge in [0.15, 0.2) is 0 Å². The summed E-state index contributed by atoms with van der Waals surface area (Å²) in [6, 6.07) is 6.44. The second-order valence-electron chi connectivity index (χ2n) is 11.0. The van der Waals surface area contributed by atoms with Gasteiger partial charge in [0.25, 0.3) is 0 Å². The fraction of sp³-hybridized carbons (Fsp3) is 0.708. The molecule has 5 unspecified atom stereocenters. The predicted octanol–water partition coefficient (Wildman–Crippen LogP) is 4.22. The van der Waals surface area contributed by atoms with Crippen LogP contribution >= 0.6 is 11.6 Å². The molecule has 0 aromatic heterocycles. The number of amides is 1. The number of piperidine rings is 1. The van der Waals surface area contributed by atoms with Gasteiger partial charge >= 0.3 is 0 Å². The number of hydrogen-bond donors (Lipinski definition) is 1. The lowest BCUT2D eigenvalue weighted by Gasteiger charge is -2.52. The summed E-state index contributed by atoms with van der Waals surface area (Å²) >= 11 is 6.01. The zero-order valence-electron chi connectivity index (χ0n) is 17.9. The van der Waals surface area contributed by atoms with Crippen molar-refractivity contribution >= 4 is 27.5 Å². The van der Waals surface area contributed by atoms with Crippen LogP contribution in [0.15, 0.2) is 29.2 Å². The number of fused-ring (bicyclic) bond motifs is 1. The van der Waals surface area contributed by atoms with Crippen molar-refractivity contribution in [2.24, 2.45) is 29.1 Å². The number of nitrogens with one attached hydrogen (secondary N) is 1. The fourth-order valence-electron chi connectivity index (χ4n) is 8.38. The van der Waals surface area contributed by atoms with Gasteiger partial charge in [-0.3, -0.25) is 4.79 Å². The second kappa shape index (κ2) is 6.94. The molecule has 0 radical (unpaired) electrons. The van der Waals surface area contributed by atoms with Crippen LogP contribution in [0.5, 0.6) is 0 Å². The predicted molar refractivity (Wildman–Crippen MR) is 119 cm³/mol. The van der Waals surface area contributed by atoms with Gasteiger partial charge in [0.2, 0.25) is 15.9 Å². The van der Waals surface area contributed by atoms with Crippen molar-refractivity contribution in [2.45, 2.75) is 68.2 Å². The first-order chi connectivity index (χ1) is 14.8. The standard InChI is InChI=1S/C24H31ClN2O3S/c25-20-4-1-5-21(11-20)31(29,30)27-8-2-3-16(14-27)9-22(28)26-23-12-18-7-6-17-10-19(13-23)24(17,18)15-23/h1,4-5,11,16-19H,2-3,6-10,12-15H2,(H,26,28)/t16?,17-,18?,19?,23?,24?/m1/s1. The highest BCUT2D eigenvalue weighted by Crippen LogP contribution is 2.78. The van der Waals surface area contributed by atoms with Crippen LogP contribution in [0.1, 0.15) is 57.8 Å². The zero-order chi connectivity index (χ0) is 21.4. The molecule has 1 heterocycles. The summed E-state index contributed by atoms with van der Waals surface area (Å²) in [7, 11) is -3.58. The maximum atomic E-state index is 13.1. The van der Waals surface area contributed by atoms with Crippen molar-refractivity contribution in [1.29, 1.82) is 0 Å². The molecular weight excluding hydrogens is 432 g/mol. The molecule has 5 fully saturated rings. The molecule has 5 nitrogen and oxygen atoms in total. The van der Waals surface area contributed by atoms with Crippen molar-refractivity contribution in [3.8, 4) is 0 Å². The van der Waals surface area contributed by atoms with E-state index in [0.29, 0.717) is 29.9 Å². The van der Waals surface area contributed by atoms with Crippen LogP contribution in [0.25, 0.3) is 0 Å². The first-order valence-corrected chi connectivity index (χ1v) is 13.7. The fourth-order valence-corrected chi connectivity index (χ4v) is 10.2. The molecule has 1 saturated heterocycles. The third kappa shape index (κ3) is 3.04. The third-order valence-electron chi connectivity index (χ3n) is 9.43. The Hall–Kier alpha value is -1.11. The molecule has 1 aromatic rings. The van der Waals surface area contributed by atoms with E-state index in [2.05, 4.69) is 5.32 Å². The number of rotatable bonds is 5. The third-order valence-corrected chi connectivity index (χ3v) is 11.5. The molecule has 31 heavy (non-hydrogen) atoms. The summed E-state index contributed by atoms with van der Waals surface area (Å²) in [5, 5.41) is 3.90. The Morgan fingerprint density at radius 2 is 1.97 bits per heavy atom. The van der Waals surface area contributed by atoms with Crippen molar-refractivity contribution < 1.29 is 13.2 Å². The van der Waals surface area contributed by atoms with Crippen LogP contribution in [0.4, 0.5) is 0 Å². The minimum absolute atomic E-state index is 0.0306. The molecular formula is C24H31ClN2O3S. The van der Waals surface area contributed by atoms with E-state index in [1.807, 2.05) is 0 Å². The minimum atomic E-state index is -3.58. The molecule has 7 heteroatoms. The van der Waals surface area contributed by atoms with Gasteiger partial charge in [-0.15, -0.1) is 0 Å². The van der Waals surface area contributed by atoms with Gasteiger partial charge < -0.3 is 5.32 Å². The summed E-state index contributed by atoms with van der Waals surface area (Å²) in [5.74, 6) is 2.79. The Bertz CT molecular complexity index is 1030. The first kappa shape index (κ1) is 20.5. The highest BCUT2D eigenvalue weighted by molar-refractivity contribution is 7.89. The smallest absolute Gasteiger partial charge is 0.243 e. The molecule has 168 valence electrons. The van der Waals surface area contributed by atoms with E-state index >= 15 is 0 Å². The van der Waals surface area contributed by atoms with Crippen LogP contribution in [0, 0.1) is 29.1 Å². The lowest BCUT2D eigenvalue weighted by atomic mass is 9.53. The maximum absolute atomic E-state index is 13.1. The highest BCUT2D eigenvalue weighted by atomic mass is 35.5. The van der Waals surface area contributed by atoms with Crippen molar-refractivity contribution in [3.63, 3.8) is 0 Å². The Kier molecular flexibility index (Phi) is 4.59. The summed E-state index contributed by atoms with van der Waals surface area (Å²) in [6.45, 7) is 0.913. The van der Waals surface area contributed by atoms with Gasteiger partial charge in [-0.05, 0) is 98.7 Å². The van der Waals surface area contributed by atoms with Gasteiger partial charge in [0, 0.05) is 30.1 Å². The summed E-state index contributed by atoms with van der Waals surface area (Å²) < 4.78 is 27.7. The topological polar surface area (TPSA) is 66.5 Å². The van der Waals surface area contributed by atoms with Gasteiger partial charge in [0.05, 0.1) is 4.90 Å². The second-order valence-corrected chi connectivity index (χ2v) is 13.3. The Balaban J connectivity index is 1.11. The minimum Gasteiger partial charge on any atom is -0.351 e. The number of benzene rings is 1. The van der Waals surface area contributed by atoms with E-state index in [9.17, 15) is 13.2 Å². The van der Waals surface area contributed by atoms with Crippen molar-refractivity contribution in [3.05, 3.63) is 29.3 Å². The molecule has 1 aliphatic heterocycles. The largest absolute Gasteiger partial charge is 0.351 e. The molecule has 5 aliphatic rings. The van der Waals surface area contributed by atoms with Crippen LogP contribution in [-0.2, 0) is 14.8 Å². The van der Waals surface area contributed by atoms with Gasteiger partial charge in [-0.25, -0.2) is 8.42 Å². The SMILES string of the molecule is O=C(CC1CCCN(S(=O)(=O)c2cccc(Cl)c2)C1)NC12CC3CC[C@@H]4CC(C1)C34C2. The Morgan fingerprint density at radius 3 is 2.77 bits per heavy atom. The van der Waals surface area contributed by atoms with Crippen LogP contribution < -0.4 is 5.32 Å². The normalized spacial score (nSPS) is 41.1. The quantitative estimate of drug-likeness (QED) is 0.712. The number of carbonyl (C=O) groups excluding carboxylic acids is 1. The number of sulfonamides is 1. The number of hydrogen-bond acceptors (Lipinski definition) is 3. The molecule has 6 atom stereocenters. The van der Waals surface area contributed by atoms with Gasteiger partial charge in [-0.2, -0.15) is 4.31 Å². The summed E-state index contributed by atoms with van der Waals surface area (Å²) in [6.07, 6.45) is 9.81. The van der Waals surface area contributed by atoms with Crippen LogP contribution in [0.2, 0.25) is 5.02 Å². The molecule has 1 spiro atoms. The molecule has 4 saturated carbocycles. The van der Waals surface area contributed by atoms with E-state index in [-0.39, 0.29) is 22.3 Å². The average molecular weight is 463 g/mol. The zero-order valence-corrected chi connectivity index (χ0v) is 19.4. The molecule has 1 N–H and O–H groups in total. The van der Waals surface area contributed by atoms with Crippen LogP contribution in [-0.4, -0.2) is 37.3 Å². The number of nitrogens with zero attached hydrogens (tertiary/aromatic N) is 1. The average Bonchev–Trinajstić information content (AvgIpc) is 3.30. The van der Waals surface area contributed by atoms with Gasteiger partial charge in [0.1, 0.15) is 0 Å². The van der Waals surface area contributed by atoms with Crippen molar-refractivity contribution in [2.75, 3.05) is 13.1 Å². The van der Waals surface area contributed by atoms with E-state index in [1.54, 1.807) is 18.2 Å². The number of carbonyl (C=O) groups is 1. The molecule has 1 amide bonds. The van der Waals surface area contributed by atoms with E-state index in [4.69, 9.17) is 11.6 Å². The van der Waals surface area contributed by atoms with E-state index in [1.165, 1.54) is 48.9 Å². The van der Waals surface area contributed by atoms with Crippen molar-refractivity contribution in [1.82, 2.24) is 9.62 Å². The molecule has 6 rings (SSSR count). The van der Waals surface area contributed by atoms with Gasteiger partial charge in [-0.1, -0.05) is 17.7 Å². The highest BCUT2D eigenvalue weighted by Gasteiger charge is 2.74. The Morgan fingerprint density at radius 1 is 1.16 bits per heavy atom. The summed E-state index contributed by atoms with van der Waals surface area (Å²) in [4.78, 5) is 13.3. The molecule has 2 bridgehead atoms. The lowest BCUT2D eigenvalue weighted by molar-refractivity contribution is -0.124. The first-order valence-electron chi connectivity index (χ1n) is 11.9. The monoisotopic (exact) mass is 462 g/mol. The molecule has 1 aromatic carbocycles. The Labute approximate surface area is 190 Å². The number of halogens is 1.